The molecule has 0 unspecified atom stereocenters. The Morgan fingerprint density at radius 3 is 2.30 bits per heavy atom. The molecular formula is C18H9Cl4NO4. The molecule has 0 atom stereocenters. The lowest BCUT2D eigenvalue weighted by molar-refractivity contribution is 0.0696. The van der Waals surface area contributed by atoms with Crippen LogP contribution >= 0.6 is 46.4 Å². The number of hydrogen-bond donors (Lipinski definition) is 2. The standard InChI is InChI=1S/C18H9Cl4NO4/c19-8-1-2-9(11(20)5-8)15-3-4-16(27-15)17(24)23-14-6-10(18(25)26)12(21)7-13(14)22/h1-7H,(H,23,24)(H,25,26). The zero-order valence-corrected chi connectivity index (χ0v) is 16.2. The zero-order valence-electron chi connectivity index (χ0n) is 13.2. The molecule has 1 heterocycles. The summed E-state index contributed by atoms with van der Waals surface area (Å²) in [6, 6.07) is 10.3. The summed E-state index contributed by atoms with van der Waals surface area (Å²) in [5.41, 5.74) is 0.466. The number of carboxylic acid groups (broad SMARTS) is 1. The summed E-state index contributed by atoms with van der Waals surface area (Å²) in [5, 5.41) is 12.5. The monoisotopic (exact) mass is 443 g/mol. The van der Waals surface area contributed by atoms with Crippen LogP contribution in [-0.4, -0.2) is 17.0 Å². The van der Waals surface area contributed by atoms with Crippen LogP contribution in [0.25, 0.3) is 11.3 Å². The fraction of sp³-hybridized carbons (Fsp3) is 0. The largest absolute Gasteiger partial charge is 0.478 e. The van der Waals surface area contributed by atoms with Gasteiger partial charge in [0, 0.05) is 10.6 Å². The smallest absolute Gasteiger partial charge is 0.337 e. The molecule has 0 aliphatic rings. The number of amides is 1. The fourth-order valence-electron chi connectivity index (χ4n) is 2.29. The normalized spacial score (nSPS) is 10.7. The zero-order chi connectivity index (χ0) is 19.7. The van der Waals surface area contributed by atoms with Crippen LogP contribution in [0.3, 0.4) is 0 Å². The van der Waals surface area contributed by atoms with Gasteiger partial charge in [0.05, 0.1) is 26.3 Å². The highest BCUT2D eigenvalue weighted by Crippen LogP contribution is 2.33. The number of nitrogens with one attached hydrogen (secondary N) is 1. The molecule has 1 aromatic heterocycles. The number of anilines is 1. The molecule has 138 valence electrons. The van der Waals surface area contributed by atoms with Crippen molar-refractivity contribution >= 4 is 64.0 Å². The Morgan fingerprint density at radius 2 is 1.63 bits per heavy atom. The molecule has 5 nitrogen and oxygen atoms in total. The number of carboxylic acids is 1. The van der Waals surface area contributed by atoms with Gasteiger partial charge in [-0.15, -0.1) is 0 Å². The van der Waals surface area contributed by atoms with Gasteiger partial charge in [-0.2, -0.15) is 0 Å². The number of hydrogen-bond acceptors (Lipinski definition) is 3. The third-order valence-corrected chi connectivity index (χ3v) is 4.73. The summed E-state index contributed by atoms with van der Waals surface area (Å²) in [6.07, 6.45) is 0. The van der Waals surface area contributed by atoms with Crippen molar-refractivity contribution in [3.8, 4) is 11.3 Å². The second-order valence-corrected chi connectivity index (χ2v) is 7.02. The Morgan fingerprint density at radius 1 is 0.889 bits per heavy atom. The van der Waals surface area contributed by atoms with Crippen molar-refractivity contribution in [3.63, 3.8) is 0 Å². The van der Waals surface area contributed by atoms with Gasteiger partial charge in [0.25, 0.3) is 5.91 Å². The molecule has 9 heteroatoms. The predicted molar refractivity (Wildman–Crippen MR) is 106 cm³/mol. The van der Waals surface area contributed by atoms with E-state index in [9.17, 15) is 9.59 Å². The highest BCUT2D eigenvalue weighted by Gasteiger charge is 2.18. The first-order chi connectivity index (χ1) is 12.8. The van der Waals surface area contributed by atoms with Gasteiger partial charge in [-0.1, -0.05) is 46.4 Å². The lowest BCUT2D eigenvalue weighted by Gasteiger charge is -2.08. The summed E-state index contributed by atoms with van der Waals surface area (Å²) in [7, 11) is 0. The number of furan rings is 1. The van der Waals surface area contributed by atoms with Crippen LogP contribution in [0.2, 0.25) is 20.1 Å². The Balaban J connectivity index is 1.87. The van der Waals surface area contributed by atoms with E-state index in [1.807, 2.05) is 0 Å². The molecule has 0 bridgehead atoms. The molecule has 0 saturated heterocycles. The van der Waals surface area contributed by atoms with Gasteiger partial charge in [0.1, 0.15) is 5.76 Å². The molecule has 27 heavy (non-hydrogen) atoms. The van der Waals surface area contributed by atoms with E-state index in [0.29, 0.717) is 21.4 Å². The third-order valence-electron chi connectivity index (χ3n) is 3.56. The number of carbonyl (C=O) groups is 2. The molecule has 0 spiro atoms. The quantitative estimate of drug-likeness (QED) is 0.480. The van der Waals surface area contributed by atoms with E-state index in [4.69, 9.17) is 55.9 Å². The van der Waals surface area contributed by atoms with Gasteiger partial charge in [0.2, 0.25) is 0 Å². The molecule has 0 radical (unpaired) electrons. The minimum absolute atomic E-state index is 0.0149. The maximum absolute atomic E-state index is 12.4. The van der Waals surface area contributed by atoms with Crippen LogP contribution in [0.15, 0.2) is 46.9 Å². The van der Waals surface area contributed by atoms with E-state index in [-0.39, 0.29) is 27.1 Å². The van der Waals surface area contributed by atoms with Gasteiger partial charge < -0.3 is 14.8 Å². The van der Waals surface area contributed by atoms with Gasteiger partial charge in [-0.3, -0.25) is 4.79 Å². The summed E-state index contributed by atoms with van der Waals surface area (Å²) in [5.74, 6) is -1.51. The van der Waals surface area contributed by atoms with Crippen LogP contribution in [-0.2, 0) is 0 Å². The van der Waals surface area contributed by atoms with E-state index in [1.54, 1.807) is 24.3 Å². The highest BCUT2D eigenvalue weighted by molar-refractivity contribution is 6.38. The molecule has 3 rings (SSSR count). The van der Waals surface area contributed by atoms with Gasteiger partial charge in [-0.05, 0) is 42.5 Å². The second-order valence-electron chi connectivity index (χ2n) is 5.36. The maximum atomic E-state index is 12.4. The van der Waals surface area contributed by atoms with Gasteiger partial charge in [-0.25, -0.2) is 4.79 Å². The SMILES string of the molecule is O=C(Nc1cc(C(=O)O)c(Cl)cc1Cl)c1ccc(-c2ccc(Cl)cc2Cl)o1. The van der Waals surface area contributed by atoms with Crippen LogP contribution in [0.1, 0.15) is 20.9 Å². The molecule has 0 saturated carbocycles. The predicted octanol–water partition coefficient (Wildman–Crippen LogP) is 6.51. The maximum Gasteiger partial charge on any atom is 0.337 e. The molecule has 0 aliphatic heterocycles. The van der Waals surface area contributed by atoms with Gasteiger partial charge in [0.15, 0.2) is 5.76 Å². The van der Waals surface area contributed by atoms with Crippen LogP contribution in [0.4, 0.5) is 5.69 Å². The molecule has 2 N–H and O–H groups in total. The first-order valence-electron chi connectivity index (χ1n) is 7.35. The summed E-state index contributed by atoms with van der Waals surface area (Å²) in [4.78, 5) is 23.6. The molecular weight excluding hydrogens is 436 g/mol. The summed E-state index contributed by atoms with van der Waals surface area (Å²) in [6.45, 7) is 0. The Kier molecular flexibility index (Phi) is 5.67. The summed E-state index contributed by atoms with van der Waals surface area (Å²) < 4.78 is 5.54. The van der Waals surface area contributed by atoms with E-state index < -0.39 is 11.9 Å². The van der Waals surface area contributed by atoms with Crippen molar-refractivity contribution in [1.82, 2.24) is 0 Å². The number of benzene rings is 2. The highest BCUT2D eigenvalue weighted by atomic mass is 35.5. The molecule has 3 aromatic rings. The lowest BCUT2D eigenvalue weighted by Crippen LogP contribution is -2.12. The van der Waals surface area contributed by atoms with Crippen LogP contribution in [0, 0.1) is 0 Å². The number of aromatic carboxylic acids is 1. The molecule has 1 amide bonds. The third kappa shape index (κ3) is 4.22. The van der Waals surface area contributed by atoms with Crippen molar-refractivity contribution in [2.75, 3.05) is 5.32 Å². The summed E-state index contributed by atoms with van der Waals surface area (Å²) >= 11 is 23.9. The Hall–Kier alpha value is -2.18. The number of halogens is 4. The number of rotatable bonds is 4. The average Bonchev–Trinajstić information content (AvgIpc) is 3.06. The van der Waals surface area contributed by atoms with Crippen molar-refractivity contribution < 1.29 is 19.1 Å². The molecule has 2 aromatic carbocycles. The Bertz CT molecular complexity index is 1060. The molecule has 0 aliphatic carbocycles. The minimum atomic E-state index is -1.25. The van der Waals surface area contributed by atoms with E-state index in [1.165, 1.54) is 18.2 Å². The van der Waals surface area contributed by atoms with E-state index >= 15 is 0 Å². The Labute approximate surface area is 173 Å². The van der Waals surface area contributed by atoms with Crippen molar-refractivity contribution in [1.29, 1.82) is 0 Å². The average molecular weight is 445 g/mol. The first-order valence-corrected chi connectivity index (χ1v) is 8.86. The topological polar surface area (TPSA) is 79.5 Å². The first kappa shape index (κ1) is 19.6. The molecule has 0 fully saturated rings. The minimum Gasteiger partial charge on any atom is -0.478 e. The van der Waals surface area contributed by atoms with Crippen molar-refractivity contribution in [2.24, 2.45) is 0 Å². The lowest BCUT2D eigenvalue weighted by atomic mass is 10.2. The van der Waals surface area contributed by atoms with E-state index in [2.05, 4.69) is 5.32 Å². The van der Waals surface area contributed by atoms with Crippen LogP contribution in [0.5, 0.6) is 0 Å². The van der Waals surface area contributed by atoms with Crippen molar-refractivity contribution in [3.05, 3.63) is 73.9 Å². The number of carbonyl (C=O) groups excluding carboxylic acids is 1. The fourth-order valence-corrected chi connectivity index (χ4v) is 3.30. The van der Waals surface area contributed by atoms with Crippen LogP contribution < -0.4 is 5.32 Å². The second kappa shape index (κ2) is 7.82. The van der Waals surface area contributed by atoms with Gasteiger partial charge >= 0.3 is 5.97 Å². The van der Waals surface area contributed by atoms with E-state index in [0.717, 1.165) is 0 Å². The van der Waals surface area contributed by atoms with Crippen molar-refractivity contribution in [2.45, 2.75) is 0 Å².